The van der Waals surface area contributed by atoms with Gasteiger partial charge in [0.2, 0.25) is 0 Å². The second kappa shape index (κ2) is 7.44. The highest BCUT2D eigenvalue weighted by Crippen LogP contribution is 2.14. The number of carbonyl (C=O) groups excluding carboxylic acids is 1. The van der Waals surface area contributed by atoms with Gasteiger partial charge in [-0.15, -0.1) is 0 Å². The van der Waals surface area contributed by atoms with Gasteiger partial charge in [-0.2, -0.15) is 0 Å². The molecule has 0 radical (unpaired) electrons. The van der Waals surface area contributed by atoms with Crippen molar-refractivity contribution >= 4 is 21.9 Å². The average Bonchev–Trinajstić information content (AvgIpc) is 2.28. The van der Waals surface area contributed by atoms with Crippen LogP contribution in [0.15, 0.2) is 28.7 Å². The van der Waals surface area contributed by atoms with Crippen LogP contribution >= 0.6 is 15.9 Å². The van der Waals surface area contributed by atoms with Crippen molar-refractivity contribution in [3.8, 4) is 0 Å². The van der Waals surface area contributed by atoms with Crippen molar-refractivity contribution in [2.24, 2.45) is 0 Å². The summed E-state index contributed by atoms with van der Waals surface area (Å²) in [4.78, 5) is 10.9. The highest BCUT2D eigenvalue weighted by molar-refractivity contribution is 9.10. The Kier molecular flexibility index (Phi) is 6.16. The van der Waals surface area contributed by atoms with E-state index in [4.69, 9.17) is 0 Å². The number of hydrogen-bond donors (Lipinski definition) is 0. The Morgan fingerprint density at radius 2 is 2.12 bits per heavy atom. The molecule has 3 heteroatoms. The number of methoxy groups -OCH3 is 1. The van der Waals surface area contributed by atoms with Crippen LogP contribution in [-0.2, 0) is 16.0 Å². The molecule has 0 N–H and O–H groups in total. The molecule has 0 aliphatic carbocycles. The van der Waals surface area contributed by atoms with Crippen molar-refractivity contribution in [3.05, 3.63) is 34.3 Å². The van der Waals surface area contributed by atoms with Crippen LogP contribution in [-0.4, -0.2) is 13.1 Å². The molecular weight excluding hydrogens is 268 g/mol. The Morgan fingerprint density at radius 1 is 1.31 bits per heavy atom. The molecule has 0 heterocycles. The predicted octanol–water partition coefficient (Wildman–Crippen LogP) is 3.73. The van der Waals surface area contributed by atoms with Gasteiger partial charge in [0.05, 0.1) is 7.11 Å². The van der Waals surface area contributed by atoms with Gasteiger partial charge in [0.25, 0.3) is 0 Å². The van der Waals surface area contributed by atoms with E-state index in [1.165, 1.54) is 12.7 Å². The minimum atomic E-state index is -0.109. The van der Waals surface area contributed by atoms with Crippen molar-refractivity contribution in [3.63, 3.8) is 0 Å². The van der Waals surface area contributed by atoms with Gasteiger partial charge >= 0.3 is 5.97 Å². The molecule has 0 atom stereocenters. The Hall–Kier alpha value is -0.830. The maximum absolute atomic E-state index is 10.9. The molecule has 1 aromatic carbocycles. The fourth-order valence-electron chi connectivity index (χ4n) is 1.57. The van der Waals surface area contributed by atoms with Crippen LogP contribution in [0.4, 0.5) is 0 Å². The molecular formula is C13H17BrO2. The van der Waals surface area contributed by atoms with Crippen LogP contribution in [0.3, 0.4) is 0 Å². The lowest BCUT2D eigenvalue weighted by molar-refractivity contribution is -0.140. The number of ether oxygens (including phenoxy) is 1. The summed E-state index contributed by atoms with van der Waals surface area (Å²) in [6.45, 7) is 0. The fourth-order valence-corrected chi connectivity index (χ4v) is 2.02. The Balaban J connectivity index is 2.14. The molecule has 0 saturated carbocycles. The van der Waals surface area contributed by atoms with Crippen LogP contribution in [0.1, 0.15) is 31.2 Å². The summed E-state index contributed by atoms with van der Waals surface area (Å²) < 4.78 is 5.71. The number of carbonyl (C=O) groups is 1. The summed E-state index contributed by atoms with van der Waals surface area (Å²) in [6, 6.07) is 8.35. The number of rotatable bonds is 6. The number of halogens is 1. The van der Waals surface area contributed by atoms with E-state index < -0.39 is 0 Å². The molecule has 0 aliphatic rings. The number of unbranched alkanes of at least 4 members (excludes halogenated alkanes) is 2. The fraction of sp³-hybridized carbons (Fsp3) is 0.462. The van der Waals surface area contributed by atoms with Crippen LogP contribution in [0, 0.1) is 0 Å². The second-order valence-corrected chi connectivity index (χ2v) is 4.68. The molecule has 1 rings (SSSR count). The van der Waals surface area contributed by atoms with Gasteiger partial charge in [0, 0.05) is 10.9 Å². The van der Waals surface area contributed by atoms with Crippen LogP contribution in [0.2, 0.25) is 0 Å². The molecule has 0 amide bonds. The zero-order valence-electron chi connectivity index (χ0n) is 9.54. The van der Waals surface area contributed by atoms with Gasteiger partial charge in [-0.3, -0.25) is 4.79 Å². The van der Waals surface area contributed by atoms with E-state index in [2.05, 4.69) is 32.8 Å². The summed E-state index contributed by atoms with van der Waals surface area (Å²) in [5.74, 6) is -0.109. The van der Waals surface area contributed by atoms with E-state index in [-0.39, 0.29) is 5.97 Å². The van der Waals surface area contributed by atoms with Gasteiger partial charge in [-0.1, -0.05) is 34.5 Å². The first-order valence-electron chi connectivity index (χ1n) is 5.53. The number of hydrogen-bond acceptors (Lipinski definition) is 2. The summed E-state index contributed by atoms with van der Waals surface area (Å²) in [6.07, 6.45) is 4.71. The molecule has 16 heavy (non-hydrogen) atoms. The second-order valence-electron chi connectivity index (χ2n) is 3.77. The lowest BCUT2D eigenvalue weighted by Crippen LogP contribution is -1.99. The molecule has 0 aromatic heterocycles. The quantitative estimate of drug-likeness (QED) is 0.588. The first-order chi connectivity index (χ1) is 7.72. The summed E-state index contributed by atoms with van der Waals surface area (Å²) in [7, 11) is 1.43. The zero-order valence-corrected chi connectivity index (χ0v) is 11.1. The maximum Gasteiger partial charge on any atom is 0.305 e. The van der Waals surface area contributed by atoms with Gasteiger partial charge in [-0.05, 0) is 37.0 Å². The smallest absolute Gasteiger partial charge is 0.305 e. The van der Waals surface area contributed by atoms with Crippen LogP contribution < -0.4 is 0 Å². The minimum Gasteiger partial charge on any atom is -0.469 e. The highest BCUT2D eigenvalue weighted by Gasteiger charge is 1.99. The molecule has 0 spiro atoms. The molecule has 2 nitrogen and oxygen atoms in total. The van der Waals surface area contributed by atoms with E-state index in [0.717, 1.165) is 30.2 Å². The number of aryl methyl sites for hydroxylation is 1. The lowest BCUT2D eigenvalue weighted by atomic mass is 10.1. The molecule has 0 bridgehead atoms. The third-order valence-corrected chi connectivity index (χ3v) is 2.96. The van der Waals surface area contributed by atoms with E-state index >= 15 is 0 Å². The van der Waals surface area contributed by atoms with Crippen LogP contribution in [0.25, 0.3) is 0 Å². The lowest BCUT2D eigenvalue weighted by Gasteiger charge is -2.02. The normalized spacial score (nSPS) is 10.1. The van der Waals surface area contributed by atoms with E-state index in [1.807, 2.05) is 12.1 Å². The van der Waals surface area contributed by atoms with Gasteiger partial charge in [0.15, 0.2) is 0 Å². The summed E-state index contributed by atoms with van der Waals surface area (Å²) in [5.41, 5.74) is 1.34. The van der Waals surface area contributed by atoms with Gasteiger partial charge < -0.3 is 4.74 Å². The van der Waals surface area contributed by atoms with Crippen molar-refractivity contribution in [2.45, 2.75) is 32.1 Å². The SMILES string of the molecule is COC(=O)CCCCCc1cccc(Br)c1. The minimum absolute atomic E-state index is 0.109. The van der Waals surface area contributed by atoms with Crippen molar-refractivity contribution < 1.29 is 9.53 Å². The summed E-state index contributed by atoms with van der Waals surface area (Å²) >= 11 is 3.45. The van der Waals surface area contributed by atoms with E-state index in [9.17, 15) is 4.79 Å². The van der Waals surface area contributed by atoms with Gasteiger partial charge in [-0.25, -0.2) is 0 Å². The standard InChI is InChI=1S/C13H17BrO2/c1-16-13(15)9-4-2-3-6-11-7-5-8-12(14)10-11/h5,7-8,10H,2-4,6,9H2,1H3. The Labute approximate surface area is 105 Å². The first-order valence-corrected chi connectivity index (χ1v) is 6.33. The average molecular weight is 285 g/mol. The molecule has 0 unspecified atom stereocenters. The predicted molar refractivity (Wildman–Crippen MR) is 68.3 cm³/mol. The summed E-state index contributed by atoms with van der Waals surface area (Å²) in [5, 5.41) is 0. The largest absolute Gasteiger partial charge is 0.469 e. The third-order valence-electron chi connectivity index (χ3n) is 2.46. The third kappa shape index (κ3) is 5.31. The molecule has 0 aliphatic heterocycles. The maximum atomic E-state index is 10.9. The number of benzene rings is 1. The topological polar surface area (TPSA) is 26.3 Å². The molecule has 0 saturated heterocycles. The Morgan fingerprint density at radius 3 is 2.81 bits per heavy atom. The van der Waals surface area contributed by atoms with Gasteiger partial charge in [0.1, 0.15) is 0 Å². The molecule has 0 fully saturated rings. The highest BCUT2D eigenvalue weighted by atomic mass is 79.9. The van der Waals surface area contributed by atoms with E-state index in [0.29, 0.717) is 6.42 Å². The Bertz CT molecular complexity index is 336. The van der Waals surface area contributed by atoms with Crippen molar-refractivity contribution in [1.82, 2.24) is 0 Å². The molecule has 1 aromatic rings. The number of esters is 1. The van der Waals surface area contributed by atoms with Crippen molar-refractivity contribution in [2.75, 3.05) is 7.11 Å². The zero-order chi connectivity index (χ0) is 11.8. The van der Waals surface area contributed by atoms with E-state index in [1.54, 1.807) is 0 Å². The van der Waals surface area contributed by atoms with Crippen molar-refractivity contribution in [1.29, 1.82) is 0 Å². The van der Waals surface area contributed by atoms with Crippen LogP contribution in [0.5, 0.6) is 0 Å². The molecule has 88 valence electrons. The first kappa shape index (κ1) is 13.2. The monoisotopic (exact) mass is 284 g/mol.